The number of amides is 1. The molecule has 1 fully saturated rings. The molecule has 2 aromatic carbocycles. The fourth-order valence-electron chi connectivity index (χ4n) is 5.29. The van der Waals surface area contributed by atoms with Crippen LogP contribution in [0.15, 0.2) is 79.3 Å². The van der Waals surface area contributed by atoms with E-state index in [1.54, 1.807) is 23.7 Å². The first kappa shape index (κ1) is 25.5. The first-order valence-electron chi connectivity index (χ1n) is 12.6. The van der Waals surface area contributed by atoms with E-state index in [1.165, 1.54) is 11.3 Å². The Kier molecular flexibility index (Phi) is 6.39. The first-order chi connectivity index (χ1) is 18.7. The van der Waals surface area contributed by atoms with Crippen LogP contribution in [0.2, 0.25) is 0 Å². The fourth-order valence-corrected chi connectivity index (χ4v) is 7.32. The number of aliphatic hydroxyl groups is 1. The maximum atomic E-state index is 11.3. The number of hydrogen-bond acceptors (Lipinski definition) is 8. The molecule has 0 aliphatic heterocycles. The molecule has 0 saturated heterocycles. The zero-order valence-corrected chi connectivity index (χ0v) is 22.9. The van der Waals surface area contributed by atoms with Gasteiger partial charge in [0.05, 0.1) is 27.5 Å². The number of aromatic nitrogens is 3. The quantitative estimate of drug-likeness (QED) is 0.248. The summed E-state index contributed by atoms with van der Waals surface area (Å²) in [6.45, 7) is 1.83. The van der Waals surface area contributed by atoms with Crippen molar-refractivity contribution in [1.82, 2.24) is 15.0 Å². The number of carbonyl (C=O) groups is 1. The van der Waals surface area contributed by atoms with Gasteiger partial charge in [0.25, 0.3) is 0 Å². The number of nitrogens with zero attached hydrogens (tertiary/aromatic N) is 3. The van der Waals surface area contributed by atoms with Gasteiger partial charge in [-0.1, -0.05) is 54.6 Å². The maximum absolute atomic E-state index is 11.3. The molecule has 1 saturated carbocycles. The van der Waals surface area contributed by atoms with Crippen molar-refractivity contribution in [3.8, 4) is 42.2 Å². The molecule has 5 N–H and O–H groups in total. The zero-order chi connectivity index (χ0) is 27.2. The van der Waals surface area contributed by atoms with Gasteiger partial charge in [0.2, 0.25) is 5.91 Å². The highest BCUT2D eigenvalue weighted by Gasteiger charge is 2.49. The summed E-state index contributed by atoms with van der Waals surface area (Å²) >= 11 is 3.17. The number of benzene rings is 2. The summed E-state index contributed by atoms with van der Waals surface area (Å²) < 4.78 is 0. The Morgan fingerprint density at radius 3 is 2.38 bits per heavy atom. The van der Waals surface area contributed by atoms with E-state index in [-0.39, 0.29) is 6.42 Å². The third kappa shape index (κ3) is 5.14. The summed E-state index contributed by atoms with van der Waals surface area (Å²) in [5.41, 5.74) is 16.3. The largest absolute Gasteiger partial charge is 0.390 e. The minimum atomic E-state index is -0.704. The van der Waals surface area contributed by atoms with Gasteiger partial charge in [0, 0.05) is 35.3 Å². The van der Waals surface area contributed by atoms with Crippen LogP contribution in [0.25, 0.3) is 42.2 Å². The predicted molar refractivity (Wildman–Crippen MR) is 156 cm³/mol. The number of pyridine rings is 1. The van der Waals surface area contributed by atoms with Gasteiger partial charge >= 0.3 is 0 Å². The molecule has 0 spiro atoms. The molecule has 1 amide bonds. The van der Waals surface area contributed by atoms with Gasteiger partial charge in [-0.25, -0.2) is 9.97 Å². The lowest BCUT2D eigenvalue weighted by atomic mass is 9.63. The molecule has 0 unspecified atom stereocenters. The minimum absolute atomic E-state index is 0.138. The van der Waals surface area contributed by atoms with E-state index in [0.717, 1.165) is 53.3 Å². The molecular formula is C30H27N5O2S2. The second-order valence-corrected chi connectivity index (χ2v) is 12.4. The lowest BCUT2D eigenvalue weighted by Gasteiger charge is -2.49. The summed E-state index contributed by atoms with van der Waals surface area (Å²) in [6, 6.07) is 20.4. The predicted octanol–water partition coefficient (Wildman–Crippen LogP) is 5.39. The monoisotopic (exact) mass is 553 g/mol. The SMILES string of the molecule is CC1(O)CC(N)(c2ccc(-c3nc(-c4cnc(-c5cncc(CC(N)=O)c5)s4)sc3-c3ccccc3)cc2)C1. The smallest absolute Gasteiger partial charge is 0.221 e. The standard InChI is InChI=1S/C30H27N5O2S2/c1-29(37)16-30(32,17-29)22-9-7-19(8-10-22)25-26(20-5-3-2-4-6-20)39-28(35-25)23-15-34-27(38-23)21-11-18(12-24(31)36)13-33-14-21/h2-11,13-15,37H,12,16-17,32H2,1H3,(H2,31,36). The molecule has 39 heavy (non-hydrogen) atoms. The molecule has 9 heteroatoms. The average molecular weight is 554 g/mol. The molecule has 1 aliphatic carbocycles. The van der Waals surface area contributed by atoms with Gasteiger partial charge in [-0.05, 0) is 42.5 Å². The van der Waals surface area contributed by atoms with Crippen LogP contribution in [0.4, 0.5) is 0 Å². The van der Waals surface area contributed by atoms with Gasteiger partial charge in [-0.2, -0.15) is 0 Å². The van der Waals surface area contributed by atoms with Crippen LogP contribution in [-0.4, -0.2) is 31.6 Å². The van der Waals surface area contributed by atoms with Crippen LogP contribution in [0.3, 0.4) is 0 Å². The van der Waals surface area contributed by atoms with Crippen molar-refractivity contribution < 1.29 is 9.90 Å². The van der Waals surface area contributed by atoms with Crippen LogP contribution >= 0.6 is 22.7 Å². The molecule has 0 atom stereocenters. The molecule has 1 aliphatic rings. The average Bonchev–Trinajstić information content (AvgIpc) is 3.56. The van der Waals surface area contributed by atoms with Crippen molar-refractivity contribution in [2.24, 2.45) is 11.5 Å². The number of primary amides is 1. The molecule has 7 nitrogen and oxygen atoms in total. The highest BCUT2D eigenvalue weighted by Crippen LogP contribution is 2.47. The van der Waals surface area contributed by atoms with E-state index >= 15 is 0 Å². The van der Waals surface area contributed by atoms with Crippen molar-refractivity contribution in [1.29, 1.82) is 0 Å². The lowest BCUT2D eigenvalue weighted by molar-refractivity contribution is -0.117. The molecule has 0 radical (unpaired) electrons. The minimum Gasteiger partial charge on any atom is -0.390 e. The van der Waals surface area contributed by atoms with E-state index in [4.69, 9.17) is 16.5 Å². The summed E-state index contributed by atoms with van der Waals surface area (Å²) in [5, 5.41) is 11.9. The maximum Gasteiger partial charge on any atom is 0.221 e. The van der Waals surface area contributed by atoms with Crippen LogP contribution in [0, 0.1) is 0 Å². The highest BCUT2D eigenvalue weighted by atomic mass is 32.1. The van der Waals surface area contributed by atoms with Crippen molar-refractivity contribution >= 4 is 28.6 Å². The molecule has 6 rings (SSSR count). The number of carbonyl (C=O) groups excluding carboxylic acids is 1. The molecule has 3 aromatic heterocycles. The zero-order valence-electron chi connectivity index (χ0n) is 21.3. The summed E-state index contributed by atoms with van der Waals surface area (Å²) in [6.07, 6.45) is 6.45. The Balaban J connectivity index is 1.35. The Bertz CT molecular complexity index is 1650. The van der Waals surface area contributed by atoms with Gasteiger partial charge in [0.1, 0.15) is 10.0 Å². The second kappa shape index (κ2) is 9.77. The van der Waals surface area contributed by atoms with E-state index in [2.05, 4.69) is 46.4 Å². The Morgan fingerprint density at radius 2 is 1.69 bits per heavy atom. The van der Waals surface area contributed by atoms with Crippen LogP contribution in [-0.2, 0) is 16.8 Å². The number of nitrogens with two attached hydrogens (primary N) is 2. The fraction of sp³-hybridized carbons (Fsp3) is 0.200. The summed E-state index contributed by atoms with van der Waals surface area (Å²) in [7, 11) is 0. The van der Waals surface area contributed by atoms with Crippen LogP contribution < -0.4 is 11.5 Å². The Labute approximate surface area is 234 Å². The van der Waals surface area contributed by atoms with E-state index in [9.17, 15) is 9.90 Å². The molecule has 196 valence electrons. The second-order valence-electron chi connectivity index (χ2n) is 10.4. The molecule has 0 bridgehead atoms. The summed E-state index contributed by atoms with van der Waals surface area (Å²) in [5.74, 6) is -0.397. The van der Waals surface area contributed by atoms with Crippen molar-refractivity contribution in [3.63, 3.8) is 0 Å². The normalized spacial score (nSPS) is 20.5. The Hall–Kier alpha value is -3.76. The van der Waals surface area contributed by atoms with Gasteiger partial charge in [0.15, 0.2) is 0 Å². The topological polar surface area (TPSA) is 128 Å². The molecule has 5 aromatic rings. The molecule has 3 heterocycles. The van der Waals surface area contributed by atoms with Crippen LogP contribution in [0.5, 0.6) is 0 Å². The molecular weight excluding hydrogens is 526 g/mol. The van der Waals surface area contributed by atoms with Gasteiger partial charge < -0.3 is 16.6 Å². The lowest BCUT2D eigenvalue weighted by Crippen LogP contribution is -2.58. The number of thiazole rings is 2. The third-order valence-corrected chi connectivity index (χ3v) is 9.25. The number of hydrogen-bond donors (Lipinski definition) is 3. The van der Waals surface area contributed by atoms with Gasteiger partial charge in [-0.15, -0.1) is 22.7 Å². The van der Waals surface area contributed by atoms with Crippen LogP contribution in [0.1, 0.15) is 30.9 Å². The van der Waals surface area contributed by atoms with Gasteiger partial charge in [-0.3, -0.25) is 9.78 Å². The van der Waals surface area contributed by atoms with E-state index in [1.807, 2.05) is 37.4 Å². The summed E-state index contributed by atoms with van der Waals surface area (Å²) in [4.78, 5) is 27.3. The number of rotatable bonds is 7. The van der Waals surface area contributed by atoms with Crippen molar-refractivity contribution in [3.05, 3.63) is 90.4 Å². The highest BCUT2D eigenvalue weighted by molar-refractivity contribution is 7.25. The van der Waals surface area contributed by atoms with Crippen molar-refractivity contribution in [2.75, 3.05) is 0 Å². The van der Waals surface area contributed by atoms with E-state index < -0.39 is 17.0 Å². The first-order valence-corrected chi connectivity index (χ1v) is 14.2. The third-order valence-electron chi connectivity index (χ3n) is 6.93. The van der Waals surface area contributed by atoms with Crippen molar-refractivity contribution in [2.45, 2.75) is 37.3 Å². The van der Waals surface area contributed by atoms with E-state index in [0.29, 0.717) is 12.8 Å². The Morgan fingerprint density at radius 1 is 0.949 bits per heavy atom.